The summed E-state index contributed by atoms with van der Waals surface area (Å²) in [7, 11) is 0. The minimum atomic E-state index is 0.654. The van der Waals surface area contributed by atoms with Gasteiger partial charge in [-0.2, -0.15) is 4.98 Å². The second-order valence-electron chi connectivity index (χ2n) is 6.86. The number of nitrogens with zero attached hydrogens (tertiary/aromatic N) is 3. The molecule has 0 spiro atoms. The lowest BCUT2D eigenvalue weighted by Gasteiger charge is -2.44. The fraction of sp³-hybridized carbons (Fsp3) is 0.556. The normalized spacial score (nSPS) is 25.2. The molecular weight excluding hydrogens is 304 g/mol. The number of H-pyrrole nitrogens is 1. The molecule has 1 aliphatic carbocycles. The third-order valence-electron chi connectivity index (χ3n) is 5.41. The molecule has 5 heteroatoms. The first-order valence-corrected chi connectivity index (χ1v) is 9.18. The van der Waals surface area contributed by atoms with Gasteiger partial charge in [-0.15, -0.1) is 0 Å². The van der Waals surface area contributed by atoms with E-state index < -0.39 is 0 Å². The molecule has 122 valence electrons. The van der Waals surface area contributed by atoms with E-state index in [-0.39, 0.29) is 0 Å². The van der Waals surface area contributed by atoms with E-state index in [1.165, 1.54) is 45.1 Å². The summed E-state index contributed by atoms with van der Waals surface area (Å²) in [5, 5.41) is 3.40. The summed E-state index contributed by atoms with van der Waals surface area (Å²) >= 11 is 5.48. The molecule has 0 unspecified atom stereocenters. The summed E-state index contributed by atoms with van der Waals surface area (Å²) in [6, 6.07) is 11.0. The van der Waals surface area contributed by atoms with Gasteiger partial charge in [0.25, 0.3) is 0 Å². The molecule has 2 atom stereocenters. The summed E-state index contributed by atoms with van der Waals surface area (Å²) in [6.07, 6.45) is 8.26. The molecule has 4 rings (SSSR count). The zero-order valence-electron chi connectivity index (χ0n) is 13.4. The van der Waals surface area contributed by atoms with Gasteiger partial charge in [0.2, 0.25) is 4.77 Å². The number of nitrogens with one attached hydrogen (secondary N) is 1. The Morgan fingerprint density at radius 2 is 1.87 bits per heavy atom. The minimum Gasteiger partial charge on any atom is -0.281 e. The number of hydrogen-bond donors (Lipinski definition) is 1. The van der Waals surface area contributed by atoms with E-state index in [2.05, 4.69) is 27.1 Å². The van der Waals surface area contributed by atoms with Crippen molar-refractivity contribution in [2.75, 3.05) is 6.54 Å². The van der Waals surface area contributed by atoms with E-state index in [9.17, 15) is 0 Å². The average molecular weight is 328 g/mol. The van der Waals surface area contributed by atoms with E-state index in [0.29, 0.717) is 4.77 Å². The lowest BCUT2D eigenvalue weighted by Crippen LogP contribution is -2.47. The van der Waals surface area contributed by atoms with Crippen molar-refractivity contribution in [2.45, 2.75) is 51.2 Å². The molecule has 1 aliphatic heterocycles. The first kappa shape index (κ1) is 15.1. The van der Waals surface area contributed by atoms with E-state index >= 15 is 0 Å². The maximum absolute atomic E-state index is 5.48. The molecule has 0 radical (unpaired) electrons. The van der Waals surface area contributed by atoms with Crippen molar-refractivity contribution >= 4 is 12.2 Å². The predicted molar refractivity (Wildman–Crippen MR) is 94.5 cm³/mol. The van der Waals surface area contributed by atoms with Crippen molar-refractivity contribution in [3.05, 3.63) is 35.1 Å². The number of likely N-dealkylation sites (tertiary alicyclic amines) is 1. The molecule has 4 nitrogen and oxygen atoms in total. The Hall–Kier alpha value is -1.46. The highest BCUT2D eigenvalue weighted by Crippen LogP contribution is 2.35. The van der Waals surface area contributed by atoms with Gasteiger partial charge in [-0.25, -0.2) is 4.68 Å². The van der Waals surface area contributed by atoms with Crippen LogP contribution in [0.1, 0.15) is 38.5 Å². The van der Waals surface area contributed by atoms with Gasteiger partial charge in [-0.1, -0.05) is 43.2 Å². The Morgan fingerprint density at radius 1 is 1.09 bits per heavy atom. The quantitative estimate of drug-likeness (QED) is 0.857. The maximum Gasteiger partial charge on any atom is 0.217 e. The van der Waals surface area contributed by atoms with Crippen LogP contribution in [0.4, 0.5) is 0 Å². The highest BCUT2D eigenvalue weighted by atomic mass is 32.1. The molecule has 0 bridgehead atoms. The number of aromatic nitrogens is 3. The first-order valence-electron chi connectivity index (χ1n) is 8.77. The lowest BCUT2D eigenvalue weighted by atomic mass is 9.78. The van der Waals surface area contributed by atoms with Gasteiger partial charge in [-0.3, -0.25) is 10.00 Å². The van der Waals surface area contributed by atoms with Crippen LogP contribution < -0.4 is 0 Å². The van der Waals surface area contributed by atoms with Gasteiger partial charge in [0.05, 0.1) is 6.67 Å². The zero-order valence-corrected chi connectivity index (χ0v) is 14.3. The van der Waals surface area contributed by atoms with Gasteiger partial charge in [0.1, 0.15) is 0 Å². The van der Waals surface area contributed by atoms with Crippen LogP contribution in [0, 0.1) is 10.7 Å². The number of aromatic amines is 1. The van der Waals surface area contributed by atoms with E-state index in [4.69, 9.17) is 12.2 Å². The van der Waals surface area contributed by atoms with E-state index in [1.54, 1.807) is 0 Å². The molecule has 2 fully saturated rings. The number of hydrogen-bond acceptors (Lipinski definition) is 3. The molecule has 2 aromatic rings. The van der Waals surface area contributed by atoms with Gasteiger partial charge < -0.3 is 0 Å². The Bertz CT molecular complexity index is 703. The molecule has 1 saturated carbocycles. The van der Waals surface area contributed by atoms with E-state index in [0.717, 1.165) is 30.0 Å². The van der Waals surface area contributed by atoms with Crippen LogP contribution in [0.5, 0.6) is 0 Å². The van der Waals surface area contributed by atoms with Crippen LogP contribution in [0.3, 0.4) is 0 Å². The number of benzene rings is 1. The van der Waals surface area contributed by atoms with Crippen molar-refractivity contribution in [3.63, 3.8) is 0 Å². The summed E-state index contributed by atoms with van der Waals surface area (Å²) in [6.45, 7) is 2.03. The maximum atomic E-state index is 5.48. The summed E-state index contributed by atoms with van der Waals surface area (Å²) in [5.41, 5.74) is 1.09. The second-order valence-corrected chi connectivity index (χ2v) is 7.22. The number of fused-ring (bicyclic) bond motifs is 1. The Kier molecular flexibility index (Phi) is 4.31. The molecule has 23 heavy (non-hydrogen) atoms. The van der Waals surface area contributed by atoms with Crippen molar-refractivity contribution in [3.8, 4) is 11.4 Å². The molecule has 1 saturated heterocycles. The molecule has 2 heterocycles. The largest absolute Gasteiger partial charge is 0.281 e. The molecule has 1 N–H and O–H groups in total. The van der Waals surface area contributed by atoms with Crippen LogP contribution in [0.2, 0.25) is 0 Å². The van der Waals surface area contributed by atoms with Gasteiger partial charge in [0.15, 0.2) is 5.82 Å². The minimum absolute atomic E-state index is 0.654. The highest BCUT2D eigenvalue weighted by molar-refractivity contribution is 7.71. The SMILES string of the molecule is S=c1nc(-c2ccccc2)[nH]n1CN1CCC[C@H]2CCCC[C@@H]21. The molecular formula is C18H24N4S. The van der Waals surface area contributed by atoms with Gasteiger partial charge in [-0.05, 0) is 43.8 Å². The van der Waals surface area contributed by atoms with Crippen molar-refractivity contribution in [1.82, 2.24) is 19.7 Å². The molecule has 1 aromatic heterocycles. The summed E-state index contributed by atoms with van der Waals surface area (Å²) < 4.78 is 2.69. The lowest BCUT2D eigenvalue weighted by molar-refractivity contribution is 0.0324. The summed E-state index contributed by atoms with van der Waals surface area (Å²) in [4.78, 5) is 7.17. The Balaban J connectivity index is 1.54. The number of rotatable bonds is 3. The monoisotopic (exact) mass is 328 g/mol. The van der Waals surface area contributed by atoms with Crippen molar-refractivity contribution in [2.24, 2.45) is 5.92 Å². The molecule has 1 aromatic carbocycles. The third kappa shape index (κ3) is 3.12. The van der Waals surface area contributed by atoms with Crippen LogP contribution in [0.15, 0.2) is 30.3 Å². The Morgan fingerprint density at radius 3 is 2.74 bits per heavy atom. The average Bonchev–Trinajstić information content (AvgIpc) is 2.97. The van der Waals surface area contributed by atoms with Crippen molar-refractivity contribution < 1.29 is 0 Å². The fourth-order valence-electron chi connectivity index (χ4n) is 4.26. The zero-order chi connectivity index (χ0) is 15.6. The summed E-state index contributed by atoms with van der Waals surface area (Å²) in [5.74, 6) is 1.76. The smallest absolute Gasteiger partial charge is 0.217 e. The van der Waals surface area contributed by atoms with Crippen LogP contribution in [-0.2, 0) is 6.67 Å². The standard InChI is InChI=1S/C18H24N4S/c23-18-19-17(15-8-2-1-3-9-15)20-22(18)13-21-12-6-10-14-7-4-5-11-16(14)21/h1-3,8-9,14,16H,4-7,10-13H2,(H,19,20,23)/t14-,16+/m1/s1. The van der Waals surface area contributed by atoms with E-state index in [1.807, 2.05) is 22.9 Å². The number of piperidine rings is 1. The van der Waals surface area contributed by atoms with Gasteiger partial charge >= 0.3 is 0 Å². The molecule has 2 aliphatic rings. The second kappa shape index (κ2) is 6.57. The molecule has 0 amide bonds. The van der Waals surface area contributed by atoms with Crippen LogP contribution >= 0.6 is 12.2 Å². The fourth-order valence-corrected chi connectivity index (χ4v) is 4.46. The topological polar surface area (TPSA) is 36.9 Å². The third-order valence-corrected chi connectivity index (χ3v) is 5.72. The van der Waals surface area contributed by atoms with Crippen LogP contribution in [0.25, 0.3) is 11.4 Å². The van der Waals surface area contributed by atoms with Crippen molar-refractivity contribution in [1.29, 1.82) is 0 Å². The van der Waals surface area contributed by atoms with Gasteiger partial charge in [0, 0.05) is 18.2 Å². The van der Waals surface area contributed by atoms with Crippen LogP contribution in [-0.4, -0.2) is 32.3 Å². The predicted octanol–water partition coefficient (Wildman–Crippen LogP) is 4.22. The first-order chi connectivity index (χ1) is 11.3. The Labute approximate surface area is 142 Å². The highest BCUT2D eigenvalue weighted by Gasteiger charge is 2.33.